The van der Waals surface area contributed by atoms with E-state index in [1.807, 2.05) is 4.52 Å². The first-order valence-corrected chi connectivity index (χ1v) is 10.9. The van der Waals surface area contributed by atoms with E-state index in [4.69, 9.17) is 10.2 Å². The maximum Gasteiger partial charge on any atom is 0.261 e. The van der Waals surface area contributed by atoms with Crippen LogP contribution in [0.3, 0.4) is 0 Å². The molecule has 0 radical (unpaired) electrons. The second kappa shape index (κ2) is 8.01. The van der Waals surface area contributed by atoms with E-state index in [-0.39, 0.29) is 22.3 Å². The molecule has 170 valence electrons. The number of fused-ring (bicyclic) bond motifs is 1. The zero-order chi connectivity index (χ0) is 23.9. The fourth-order valence-corrected chi connectivity index (χ4v) is 4.24. The lowest BCUT2D eigenvalue weighted by Gasteiger charge is -2.34. The third-order valence-corrected chi connectivity index (χ3v) is 5.11. The average molecular weight is 435 g/mol. The Balaban J connectivity index is 1.99. The van der Waals surface area contributed by atoms with Crippen LogP contribution >= 0.6 is 0 Å². The summed E-state index contributed by atoms with van der Waals surface area (Å²) in [5, 5.41) is 18.8. The highest BCUT2D eigenvalue weighted by Gasteiger charge is 2.32. The highest BCUT2D eigenvalue weighted by molar-refractivity contribution is 6.08. The van der Waals surface area contributed by atoms with Gasteiger partial charge in [0.05, 0.1) is 17.3 Å². The molecule has 3 N–H and O–H groups in total. The number of hydrogen-bond acceptors (Lipinski definition) is 4. The summed E-state index contributed by atoms with van der Waals surface area (Å²) in [7, 11) is 0. The lowest BCUT2D eigenvalue weighted by atomic mass is 9.81. The Morgan fingerprint density at radius 3 is 2.25 bits per heavy atom. The summed E-state index contributed by atoms with van der Waals surface area (Å²) in [6.45, 7) is 17.4. The number of nitrogens with one attached hydrogen (secondary N) is 3. The molecule has 0 atom stereocenters. The number of nitriles is 1. The number of benzene rings is 1. The van der Waals surface area contributed by atoms with E-state index in [1.165, 1.54) is 0 Å². The molecule has 7 heteroatoms. The Bertz CT molecular complexity index is 1160. The smallest absolute Gasteiger partial charge is 0.261 e. The van der Waals surface area contributed by atoms with Crippen molar-refractivity contribution in [3.05, 3.63) is 47.3 Å². The molecule has 0 unspecified atom stereocenters. The molecule has 7 nitrogen and oxygen atoms in total. The van der Waals surface area contributed by atoms with Crippen molar-refractivity contribution in [3.63, 3.8) is 0 Å². The number of nitrogens with zero attached hydrogens (tertiary/aromatic N) is 3. The van der Waals surface area contributed by atoms with Crippen molar-refractivity contribution in [1.29, 1.82) is 5.26 Å². The fourth-order valence-electron chi connectivity index (χ4n) is 4.24. The summed E-state index contributed by atoms with van der Waals surface area (Å²) >= 11 is 0. The van der Waals surface area contributed by atoms with Gasteiger partial charge in [-0.3, -0.25) is 9.89 Å². The van der Waals surface area contributed by atoms with Crippen molar-refractivity contribution < 1.29 is 4.79 Å². The standard InChI is InChI=1S/C25H34N6O/c1-23(2,3)15-25(7,8)30-21-19(24(4,5)6)29-20-18(14-27-31(20)21)22(32)28-17-11-9-16(13-26)10-12-17/h9-12,14,27,30H,15H2,1-8H3,(H,28,32). The van der Waals surface area contributed by atoms with Crippen LogP contribution in [0.1, 0.15) is 83.4 Å². The van der Waals surface area contributed by atoms with E-state index >= 15 is 0 Å². The molecular weight excluding hydrogens is 400 g/mol. The van der Waals surface area contributed by atoms with Gasteiger partial charge in [0.1, 0.15) is 5.56 Å². The van der Waals surface area contributed by atoms with Gasteiger partial charge in [0.25, 0.3) is 5.91 Å². The van der Waals surface area contributed by atoms with E-state index in [1.54, 1.807) is 30.5 Å². The van der Waals surface area contributed by atoms with Gasteiger partial charge in [0.2, 0.25) is 0 Å². The predicted octanol–water partition coefficient (Wildman–Crippen LogP) is 5.71. The van der Waals surface area contributed by atoms with Gasteiger partial charge in [-0.15, -0.1) is 0 Å². The second-order valence-electron chi connectivity index (χ2n) is 11.3. The molecular formula is C25H34N6O. The third-order valence-electron chi connectivity index (χ3n) is 5.11. The highest BCUT2D eigenvalue weighted by Crippen LogP contribution is 2.35. The molecule has 32 heavy (non-hydrogen) atoms. The monoisotopic (exact) mass is 434 g/mol. The number of imidazole rings is 1. The Morgan fingerprint density at radius 2 is 1.72 bits per heavy atom. The molecule has 0 saturated carbocycles. The molecule has 0 aliphatic carbocycles. The van der Waals surface area contributed by atoms with Crippen molar-refractivity contribution >= 4 is 23.1 Å². The van der Waals surface area contributed by atoms with E-state index in [2.05, 4.69) is 77.2 Å². The molecule has 0 bridgehead atoms. The average Bonchev–Trinajstić information content (AvgIpc) is 3.20. The first-order chi connectivity index (χ1) is 14.7. The van der Waals surface area contributed by atoms with Crippen LogP contribution < -0.4 is 10.6 Å². The summed E-state index contributed by atoms with van der Waals surface area (Å²) in [5.74, 6) is 0.617. The number of aromatic nitrogens is 3. The zero-order valence-corrected chi connectivity index (χ0v) is 20.3. The summed E-state index contributed by atoms with van der Waals surface area (Å²) in [5.41, 5.74) is 2.88. The van der Waals surface area contributed by atoms with Crippen molar-refractivity contribution in [3.8, 4) is 6.07 Å². The van der Waals surface area contributed by atoms with Crippen LogP contribution in [0.4, 0.5) is 11.5 Å². The van der Waals surface area contributed by atoms with Crippen molar-refractivity contribution in [2.24, 2.45) is 5.41 Å². The van der Waals surface area contributed by atoms with Gasteiger partial charge in [-0.2, -0.15) is 5.26 Å². The Kier molecular flexibility index (Phi) is 5.86. The molecule has 0 saturated heterocycles. The minimum atomic E-state index is -0.257. The maximum absolute atomic E-state index is 13.0. The first kappa shape index (κ1) is 23.4. The van der Waals surface area contributed by atoms with Gasteiger partial charge in [0, 0.05) is 22.8 Å². The molecule has 0 spiro atoms. The number of aromatic amines is 1. The Hall–Kier alpha value is -3.27. The molecule has 2 aromatic heterocycles. The van der Waals surface area contributed by atoms with Crippen LogP contribution in [0.25, 0.3) is 5.65 Å². The van der Waals surface area contributed by atoms with Crippen molar-refractivity contribution in [1.82, 2.24) is 14.6 Å². The quantitative estimate of drug-likeness (QED) is 0.479. The molecule has 0 aliphatic heterocycles. The molecule has 3 aromatic rings. The number of H-pyrrole nitrogens is 1. The number of rotatable bonds is 5. The van der Waals surface area contributed by atoms with E-state index in [9.17, 15) is 4.79 Å². The van der Waals surface area contributed by atoms with E-state index in [0.717, 1.165) is 17.9 Å². The van der Waals surface area contributed by atoms with Crippen LogP contribution in [-0.2, 0) is 5.41 Å². The molecule has 3 rings (SSSR count). The predicted molar refractivity (Wildman–Crippen MR) is 129 cm³/mol. The molecule has 0 fully saturated rings. The van der Waals surface area contributed by atoms with Crippen LogP contribution in [0.15, 0.2) is 30.5 Å². The molecule has 1 aromatic carbocycles. The summed E-state index contributed by atoms with van der Waals surface area (Å²) in [6.07, 6.45) is 2.64. The molecule has 1 amide bonds. The number of hydrogen-bond donors (Lipinski definition) is 3. The lowest BCUT2D eigenvalue weighted by Crippen LogP contribution is -2.36. The fraction of sp³-hybridized carbons (Fsp3) is 0.480. The second-order valence-corrected chi connectivity index (χ2v) is 11.3. The maximum atomic E-state index is 13.0. The van der Waals surface area contributed by atoms with E-state index < -0.39 is 0 Å². The van der Waals surface area contributed by atoms with Gasteiger partial charge in [0.15, 0.2) is 11.5 Å². The summed E-state index contributed by atoms with van der Waals surface area (Å²) < 4.78 is 1.86. The van der Waals surface area contributed by atoms with Crippen molar-refractivity contribution in [2.75, 3.05) is 10.6 Å². The number of carbonyl (C=O) groups excluding carboxylic acids is 1. The SMILES string of the molecule is CC(C)(C)CC(C)(C)Nc1c(C(C)(C)C)nc2c(C(=O)Nc3ccc(C#N)cc3)c[nH]n12. The van der Waals surface area contributed by atoms with Gasteiger partial charge in [-0.1, -0.05) is 41.5 Å². The topological polar surface area (TPSA) is 98.0 Å². The van der Waals surface area contributed by atoms with Crippen molar-refractivity contribution in [2.45, 2.75) is 72.8 Å². The minimum absolute atomic E-state index is 0.157. The number of carbonyl (C=O) groups is 1. The third kappa shape index (κ3) is 5.13. The van der Waals surface area contributed by atoms with Gasteiger partial charge in [-0.25, -0.2) is 9.50 Å². The number of anilines is 2. The first-order valence-electron chi connectivity index (χ1n) is 10.9. The van der Waals surface area contributed by atoms with Crippen LogP contribution in [0, 0.1) is 16.7 Å². The highest BCUT2D eigenvalue weighted by atomic mass is 16.1. The number of amides is 1. The normalized spacial score (nSPS) is 12.6. The van der Waals surface area contributed by atoms with Gasteiger partial charge < -0.3 is 10.6 Å². The van der Waals surface area contributed by atoms with Crippen LogP contribution in [-0.4, -0.2) is 26.0 Å². The summed E-state index contributed by atoms with van der Waals surface area (Å²) in [4.78, 5) is 17.9. The van der Waals surface area contributed by atoms with Gasteiger partial charge in [-0.05, 0) is 49.9 Å². The molecule has 0 aliphatic rings. The zero-order valence-electron chi connectivity index (χ0n) is 20.3. The van der Waals surface area contributed by atoms with Gasteiger partial charge >= 0.3 is 0 Å². The van der Waals surface area contributed by atoms with Crippen LogP contribution in [0.5, 0.6) is 0 Å². The van der Waals surface area contributed by atoms with Crippen LogP contribution in [0.2, 0.25) is 0 Å². The molecule has 2 heterocycles. The minimum Gasteiger partial charge on any atom is -0.364 e. The Labute approximate surface area is 190 Å². The largest absolute Gasteiger partial charge is 0.364 e. The Morgan fingerprint density at radius 1 is 1.09 bits per heavy atom. The lowest BCUT2D eigenvalue weighted by molar-refractivity contribution is 0.102. The summed E-state index contributed by atoms with van der Waals surface area (Å²) in [6, 6.07) is 8.86. The van der Waals surface area contributed by atoms with E-state index in [0.29, 0.717) is 22.5 Å².